The number of carbonyl (C=O) groups excluding carboxylic acids is 1. The Morgan fingerprint density at radius 1 is 1.33 bits per heavy atom. The predicted octanol–water partition coefficient (Wildman–Crippen LogP) is 1.01. The van der Waals surface area contributed by atoms with Crippen LogP contribution in [0.15, 0.2) is 18.2 Å². The summed E-state index contributed by atoms with van der Waals surface area (Å²) < 4.78 is 22.9. The maximum atomic E-state index is 11.8. The zero-order valence-corrected chi connectivity index (χ0v) is 12.9. The lowest BCUT2D eigenvalue weighted by Crippen LogP contribution is -2.32. The molecule has 0 unspecified atom stereocenters. The number of sulfone groups is 1. The van der Waals surface area contributed by atoms with E-state index in [1.165, 1.54) is 0 Å². The molecular formula is C14H21N3O3S. The van der Waals surface area contributed by atoms with Crippen LogP contribution < -0.4 is 16.4 Å². The van der Waals surface area contributed by atoms with Gasteiger partial charge in [-0.15, -0.1) is 0 Å². The molecule has 1 amide bonds. The Morgan fingerprint density at radius 3 is 2.62 bits per heavy atom. The second kappa shape index (κ2) is 6.34. The Hall–Kier alpha value is -1.76. The highest BCUT2D eigenvalue weighted by Crippen LogP contribution is 2.24. The molecule has 0 radical (unpaired) electrons. The number of nitrogens with two attached hydrogens (primary N) is 1. The monoisotopic (exact) mass is 311 g/mol. The van der Waals surface area contributed by atoms with Crippen LogP contribution in [0.25, 0.3) is 0 Å². The highest BCUT2D eigenvalue weighted by molar-refractivity contribution is 7.91. The van der Waals surface area contributed by atoms with Crippen molar-refractivity contribution < 1.29 is 13.2 Å². The number of carbonyl (C=O) groups is 1. The number of anilines is 2. The third kappa shape index (κ3) is 4.10. The molecule has 21 heavy (non-hydrogen) atoms. The SMILES string of the molecule is CCNC(=O)c1ccc(N)c(NC2CCS(=O)(=O)CC2)c1. The number of nitrogens with one attached hydrogen (secondary N) is 2. The molecule has 0 spiro atoms. The Morgan fingerprint density at radius 2 is 2.00 bits per heavy atom. The molecule has 7 heteroatoms. The van der Waals surface area contributed by atoms with E-state index in [1.54, 1.807) is 18.2 Å². The second-order valence-corrected chi connectivity index (χ2v) is 7.54. The van der Waals surface area contributed by atoms with E-state index in [0.29, 0.717) is 36.3 Å². The van der Waals surface area contributed by atoms with Crippen LogP contribution in [0.5, 0.6) is 0 Å². The third-order valence-electron chi connectivity index (χ3n) is 3.57. The van der Waals surface area contributed by atoms with E-state index in [9.17, 15) is 13.2 Å². The molecule has 2 rings (SSSR count). The normalized spacial score (nSPS) is 18.1. The van der Waals surface area contributed by atoms with Crippen LogP contribution in [0, 0.1) is 0 Å². The zero-order chi connectivity index (χ0) is 15.5. The van der Waals surface area contributed by atoms with Crippen molar-refractivity contribution in [2.75, 3.05) is 29.1 Å². The quantitative estimate of drug-likeness (QED) is 0.720. The van der Waals surface area contributed by atoms with Crippen LogP contribution in [0.3, 0.4) is 0 Å². The van der Waals surface area contributed by atoms with Gasteiger partial charge in [-0.05, 0) is 38.0 Å². The van der Waals surface area contributed by atoms with Crippen LogP contribution in [0.2, 0.25) is 0 Å². The predicted molar refractivity (Wildman–Crippen MR) is 84.2 cm³/mol. The first-order valence-corrected chi connectivity index (χ1v) is 8.88. The first-order valence-electron chi connectivity index (χ1n) is 7.06. The molecule has 0 aliphatic carbocycles. The van der Waals surface area contributed by atoms with E-state index in [2.05, 4.69) is 10.6 Å². The lowest BCUT2D eigenvalue weighted by atomic mass is 10.1. The first kappa shape index (κ1) is 15.6. The third-order valence-corrected chi connectivity index (χ3v) is 5.28. The van der Waals surface area contributed by atoms with E-state index in [0.717, 1.165) is 0 Å². The average Bonchev–Trinajstić information content (AvgIpc) is 2.43. The number of rotatable bonds is 4. The fourth-order valence-electron chi connectivity index (χ4n) is 2.34. The smallest absolute Gasteiger partial charge is 0.251 e. The van der Waals surface area contributed by atoms with Crippen LogP contribution in [-0.2, 0) is 9.84 Å². The molecule has 1 heterocycles. The summed E-state index contributed by atoms with van der Waals surface area (Å²) >= 11 is 0. The molecule has 1 aliphatic rings. The molecule has 1 saturated heterocycles. The van der Waals surface area contributed by atoms with E-state index in [1.807, 2.05) is 6.92 Å². The Balaban J connectivity index is 2.09. The first-order chi connectivity index (χ1) is 9.91. The van der Waals surface area contributed by atoms with Gasteiger partial charge in [0.1, 0.15) is 9.84 Å². The van der Waals surface area contributed by atoms with Crippen LogP contribution in [-0.4, -0.2) is 38.4 Å². The Bertz CT molecular complexity index is 614. The minimum Gasteiger partial charge on any atom is -0.397 e. The molecule has 116 valence electrons. The summed E-state index contributed by atoms with van der Waals surface area (Å²) in [4.78, 5) is 11.8. The van der Waals surface area contributed by atoms with Crippen molar-refractivity contribution in [2.45, 2.75) is 25.8 Å². The van der Waals surface area contributed by atoms with E-state index < -0.39 is 9.84 Å². The molecule has 1 fully saturated rings. The van der Waals surface area contributed by atoms with Crippen LogP contribution in [0.1, 0.15) is 30.1 Å². The maximum Gasteiger partial charge on any atom is 0.251 e. The van der Waals surface area contributed by atoms with Crippen molar-refractivity contribution in [1.29, 1.82) is 0 Å². The highest BCUT2D eigenvalue weighted by atomic mass is 32.2. The molecule has 1 aromatic carbocycles. The Labute approximate surface area is 125 Å². The largest absolute Gasteiger partial charge is 0.397 e. The number of amides is 1. The summed E-state index contributed by atoms with van der Waals surface area (Å²) in [6.07, 6.45) is 1.13. The lowest BCUT2D eigenvalue weighted by molar-refractivity contribution is 0.0956. The zero-order valence-electron chi connectivity index (χ0n) is 12.1. The van der Waals surface area contributed by atoms with E-state index >= 15 is 0 Å². The van der Waals surface area contributed by atoms with E-state index in [4.69, 9.17) is 5.73 Å². The second-order valence-electron chi connectivity index (χ2n) is 5.23. The summed E-state index contributed by atoms with van der Waals surface area (Å²) in [6, 6.07) is 5.15. The average molecular weight is 311 g/mol. The highest BCUT2D eigenvalue weighted by Gasteiger charge is 2.24. The van der Waals surface area contributed by atoms with Gasteiger partial charge in [-0.3, -0.25) is 4.79 Å². The van der Waals surface area contributed by atoms with Gasteiger partial charge in [0, 0.05) is 18.2 Å². The van der Waals surface area contributed by atoms with Crippen molar-refractivity contribution in [3.05, 3.63) is 23.8 Å². The molecule has 4 N–H and O–H groups in total. The summed E-state index contributed by atoms with van der Waals surface area (Å²) in [6.45, 7) is 2.42. The van der Waals surface area contributed by atoms with Gasteiger partial charge in [0.2, 0.25) is 0 Å². The standard InChI is InChI=1S/C14H21N3O3S/c1-2-16-14(18)10-3-4-12(15)13(9-10)17-11-5-7-21(19,20)8-6-11/h3-4,9,11,17H,2,5-8,15H2,1H3,(H,16,18). The molecule has 0 aromatic heterocycles. The summed E-state index contributed by atoms with van der Waals surface area (Å²) in [5, 5.41) is 5.99. The molecule has 1 aliphatic heterocycles. The van der Waals surface area contributed by atoms with Gasteiger partial charge in [0.15, 0.2) is 0 Å². The molecule has 0 bridgehead atoms. The maximum absolute atomic E-state index is 11.8. The van der Waals surface area contributed by atoms with Gasteiger partial charge in [-0.2, -0.15) is 0 Å². The van der Waals surface area contributed by atoms with Gasteiger partial charge < -0.3 is 16.4 Å². The lowest BCUT2D eigenvalue weighted by Gasteiger charge is -2.25. The molecule has 0 saturated carbocycles. The van der Waals surface area contributed by atoms with Crippen molar-refractivity contribution >= 4 is 27.1 Å². The van der Waals surface area contributed by atoms with Gasteiger partial charge >= 0.3 is 0 Å². The number of benzene rings is 1. The fourth-order valence-corrected chi connectivity index (χ4v) is 3.83. The van der Waals surface area contributed by atoms with Crippen LogP contribution >= 0.6 is 0 Å². The minimum atomic E-state index is -2.88. The molecular weight excluding hydrogens is 290 g/mol. The summed E-state index contributed by atoms with van der Waals surface area (Å²) in [5.41, 5.74) is 7.70. The molecule has 1 aromatic rings. The molecule has 6 nitrogen and oxygen atoms in total. The number of nitrogen functional groups attached to an aromatic ring is 1. The molecule has 0 atom stereocenters. The van der Waals surface area contributed by atoms with Gasteiger partial charge in [-0.25, -0.2) is 8.42 Å². The van der Waals surface area contributed by atoms with Crippen molar-refractivity contribution in [2.24, 2.45) is 0 Å². The minimum absolute atomic E-state index is 0.0697. The number of hydrogen-bond acceptors (Lipinski definition) is 5. The van der Waals surface area contributed by atoms with Crippen molar-refractivity contribution in [1.82, 2.24) is 5.32 Å². The van der Waals surface area contributed by atoms with Gasteiger partial charge in [0.25, 0.3) is 5.91 Å². The fraction of sp³-hybridized carbons (Fsp3) is 0.500. The summed E-state index contributed by atoms with van der Waals surface area (Å²) in [7, 11) is -2.88. The summed E-state index contributed by atoms with van der Waals surface area (Å²) in [5.74, 6) is 0.244. The van der Waals surface area contributed by atoms with Crippen LogP contribution in [0.4, 0.5) is 11.4 Å². The van der Waals surface area contributed by atoms with Crippen molar-refractivity contribution in [3.8, 4) is 0 Å². The topological polar surface area (TPSA) is 101 Å². The van der Waals surface area contributed by atoms with Crippen molar-refractivity contribution in [3.63, 3.8) is 0 Å². The van der Waals surface area contributed by atoms with Gasteiger partial charge in [-0.1, -0.05) is 0 Å². The van der Waals surface area contributed by atoms with E-state index in [-0.39, 0.29) is 23.5 Å². The Kier molecular flexibility index (Phi) is 4.72. The number of hydrogen-bond donors (Lipinski definition) is 3. The van der Waals surface area contributed by atoms with Gasteiger partial charge in [0.05, 0.1) is 22.9 Å².